The molecule has 3 nitrogen and oxygen atoms in total. The molecule has 18 heavy (non-hydrogen) atoms. The highest BCUT2D eigenvalue weighted by Gasteiger charge is 2.07. The molecule has 1 heterocycles. The van der Waals surface area contributed by atoms with Gasteiger partial charge in [-0.25, -0.2) is 0 Å². The fourth-order valence-corrected chi connectivity index (χ4v) is 3.15. The van der Waals surface area contributed by atoms with Crippen LogP contribution < -0.4 is 0 Å². The Labute approximate surface area is 111 Å². The van der Waals surface area contributed by atoms with Crippen LogP contribution >= 0.6 is 11.3 Å². The van der Waals surface area contributed by atoms with Crippen molar-refractivity contribution in [2.45, 2.75) is 13.0 Å². The second-order valence-corrected chi connectivity index (χ2v) is 5.50. The summed E-state index contributed by atoms with van der Waals surface area (Å²) in [7, 11) is 0. The molecule has 0 saturated heterocycles. The second-order valence-electron chi connectivity index (χ2n) is 4.33. The maximum atomic E-state index is 9.05. The summed E-state index contributed by atoms with van der Waals surface area (Å²) < 4.78 is 1.30. The summed E-state index contributed by atoms with van der Waals surface area (Å²) in [5, 5.41) is 19.2. The third-order valence-corrected chi connectivity index (χ3v) is 4.01. The Kier molecular flexibility index (Phi) is 5.13. The van der Waals surface area contributed by atoms with Gasteiger partial charge in [0.2, 0.25) is 0 Å². The SMILES string of the molecule is OCCCN(CCO)Cc1cc2ccccc2s1. The van der Waals surface area contributed by atoms with Gasteiger partial charge < -0.3 is 10.2 Å². The molecule has 0 aliphatic heterocycles. The summed E-state index contributed by atoms with van der Waals surface area (Å²) in [5.74, 6) is 0. The molecule has 2 aromatic rings. The lowest BCUT2D eigenvalue weighted by Gasteiger charge is -2.19. The Hall–Kier alpha value is -0.940. The van der Waals surface area contributed by atoms with Crippen molar-refractivity contribution < 1.29 is 10.2 Å². The van der Waals surface area contributed by atoms with Crippen LogP contribution in [0.1, 0.15) is 11.3 Å². The Balaban J connectivity index is 2.05. The molecular weight excluding hydrogens is 246 g/mol. The van der Waals surface area contributed by atoms with E-state index in [9.17, 15) is 0 Å². The van der Waals surface area contributed by atoms with Gasteiger partial charge in [0.1, 0.15) is 0 Å². The number of hydrogen-bond donors (Lipinski definition) is 2. The molecule has 0 aliphatic rings. The van der Waals surface area contributed by atoms with Crippen molar-refractivity contribution in [3.8, 4) is 0 Å². The van der Waals surface area contributed by atoms with Crippen LogP contribution in [-0.2, 0) is 6.54 Å². The molecule has 2 rings (SSSR count). The van der Waals surface area contributed by atoms with Crippen molar-refractivity contribution in [3.63, 3.8) is 0 Å². The largest absolute Gasteiger partial charge is 0.396 e. The van der Waals surface area contributed by atoms with Crippen molar-refractivity contribution in [3.05, 3.63) is 35.2 Å². The standard InChI is InChI=1S/C14H19NO2S/c16-8-3-6-15(7-9-17)11-13-10-12-4-1-2-5-14(12)18-13/h1-2,4-5,10,16-17H,3,6-9,11H2. The highest BCUT2D eigenvalue weighted by atomic mass is 32.1. The van der Waals surface area contributed by atoms with Crippen molar-refractivity contribution >= 4 is 21.4 Å². The van der Waals surface area contributed by atoms with Crippen molar-refractivity contribution in [1.29, 1.82) is 0 Å². The minimum absolute atomic E-state index is 0.163. The molecule has 0 atom stereocenters. The lowest BCUT2D eigenvalue weighted by Crippen LogP contribution is -2.27. The molecule has 0 fully saturated rings. The quantitative estimate of drug-likeness (QED) is 0.805. The van der Waals surface area contributed by atoms with Crippen LogP contribution in [0.25, 0.3) is 10.1 Å². The van der Waals surface area contributed by atoms with Crippen LogP contribution in [0.4, 0.5) is 0 Å². The fraction of sp³-hybridized carbons (Fsp3) is 0.429. The molecule has 0 saturated carbocycles. The number of thiophene rings is 1. The van der Waals surface area contributed by atoms with Gasteiger partial charge >= 0.3 is 0 Å². The van der Waals surface area contributed by atoms with Crippen molar-refractivity contribution in [1.82, 2.24) is 4.90 Å². The van der Waals surface area contributed by atoms with Crippen molar-refractivity contribution in [2.75, 3.05) is 26.3 Å². The summed E-state index contributed by atoms with van der Waals surface area (Å²) >= 11 is 1.80. The van der Waals surface area contributed by atoms with Crippen LogP contribution in [0.15, 0.2) is 30.3 Å². The first kappa shape index (κ1) is 13.5. The average molecular weight is 265 g/mol. The zero-order valence-electron chi connectivity index (χ0n) is 10.4. The highest BCUT2D eigenvalue weighted by molar-refractivity contribution is 7.19. The topological polar surface area (TPSA) is 43.7 Å². The maximum Gasteiger partial charge on any atom is 0.0558 e. The van der Waals surface area contributed by atoms with Crippen molar-refractivity contribution in [2.24, 2.45) is 0 Å². The van der Waals surface area contributed by atoms with E-state index in [1.807, 2.05) is 0 Å². The monoisotopic (exact) mass is 265 g/mol. The van der Waals surface area contributed by atoms with Gasteiger partial charge in [0.05, 0.1) is 6.61 Å². The normalized spacial score (nSPS) is 11.5. The Bertz CT molecular complexity index is 450. The lowest BCUT2D eigenvalue weighted by atomic mass is 10.2. The van der Waals surface area contributed by atoms with Gasteiger partial charge in [-0.15, -0.1) is 11.3 Å². The third kappa shape index (κ3) is 3.53. The lowest BCUT2D eigenvalue weighted by molar-refractivity contribution is 0.175. The first-order valence-electron chi connectivity index (χ1n) is 6.25. The van der Waals surface area contributed by atoms with E-state index in [0.717, 1.165) is 19.5 Å². The second kappa shape index (κ2) is 6.85. The molecule has 0 spiro atoms. The van der Waals surface area contributed by atoms with E-state index in [1.165, 1.54) is 15.0 Å². The van der Waals surface area contributed by atoms with E-state index in [-0.39, 0.29) is 13.2 Å². The molecular formula is C14H19NO2S. The zero-order chi connectivity index (χ0) is 12.8. The van der Waals surface area contributed by atoms with E-state index in [0.29, 0.717) is 6.54 Å². The first-order valence-corrected chi connectivity index (χ1v) is 7.06. The van der Waals surface area contributed by atoms with Gasteiger partial charge in [0.25, 0.3) is 0 Å². The number of benzene rings is 1. The first-order chi connectivity index (χ1) is 8.83. The van der Waals surface area contributed by atoms with Gasteiger partial charge in [-0.3, -0.25) is 4.90 Å². The van der Waals surface area contributed by atoms with E-state index in [1.54, 1.807) is 11.3 Å². The number of aliphatic hydroxyl groups excluding tert-OH is 2. The molecule has 0 bridgehead atoms. The van der Waals surface area contributed by atoms with E-state index >= 15 is 0 Å². The molecule has 1 aromatic carbocycles. The number of aliphatic hydroxyl groups is 2. The minimum Gasteiger partial charge on any atom is -0.396 e. The smallest absolute Gasteiger partial charge is 0.0558 e. The fourth-order valence-electron chi connectivity index (χ4n) is 2.04. The van der Waals surface area contributed by atoms with E-state index in [4.69, 9.17) is 10.2 Å². The Morgan fingerprint density at radius 3 is 2.61 bits per heavy atom. The van der Waals surface area contributed by atoms with Crippen LogP contribution in [0, 0.1) is 0 Å². The molecule has 0 amide bonds. The average Bonchev–Trinajstić information content (AvgIpc) is 2.78. The van der Waals surface area contributed by atoms with E-state index in [2.05, 4.69) is 35.2 Å². The van der Waals surface area contributed by atoms with Gasteiger partial charge in [-0.1, -0.05) is 18.2 Å². The summed E-state index contributed by atoms with van der Waals surface area (Å²) in [6.45, 7) is 2.70. The minimum atomic E-state index is 0.163. The summed E-state index contributed by atoms with van der Waals surface area (Å²) in [4.78, 5) is 3.49. The van der Waals surface area contributed by atoms with Crippen LogP contribution in [0.3, 0.4) is 0 Å². The molecule has 4 heteroatoms. The number of hydrogen-bond acceptors (Lipinski definition) is 4. The zero-order valence-corrected chi connectivity index (χ0v) is 11.2. The molecule has 98 valence electrons. The van der Waals surface area contributed by atoms with Crippen LogP contribution in [0.2, 0.25) is 0 Å². The Morgan fingerprint density at radius 1 is 1.06 bits per heavy atom. The summed E-state index contributed by atoms with van der Waals surface area (Å²) in [5.41, 5.74) is 0. The predicted octanol–water partition coefficient (Wildman–Crippen LogP) is 2.08. The molecule has 0 unspecified atom stereocenters. The molecule has 0 radical (unpaired) electrons. The number of rotatable bonds is 7. The van der Waals surface area contributed by atoms with E-state index < -0.39 is 0 Å². The van der Waals surface area contributed by atoms with Gasteiger partial charge in [0, 0.05) is 35.8 Å². The number of fused-ring (bicyclic) bond motifs is 1. The van der Waals surface area contributed by atoms with Gasteiger partial charge in [-0.2, -0.15) is 0 Å². The Morgan fingerprint density at radius 2 is 1.89 bits per heavy atom. The van der Waals surface area contributed by atoms with Gasteiger partial charge in [-0.05, 0) is 23.9 Å². The predicted molar refractivity (Wildman–Crippen MR) is 75.9 cm³/mol. The highest BCUT2D eigenvalue weighted by Crippen LogP contribution is 2.26. The molecule has 2 N–H and O–H groups in total. The van der Waals surface area contributed by atoms with Crippen LogP contribution in [-0.4, -0.2) is 41.4 Å². The third-order valence-electron chi connectivity index (χ3n) is 2.90. The molecule has 1 aromatic heterocycles. The molecule has 0 aliphatic carbocycles. The number of nitrogens with zero attached hydrogens (tertiary/aromatic N) is 1. The van der Waals surface area contributed by atoms with Gasteiger partial charge in [0.15, 0.2) is 0 Å². The summed E-state index contributed by atoms with van der Waals surface area (Å²) in [6.07, 6.45) is 0.755. The maximum absolute atomic E-state index is 9.05. The summed E-state index contributed by atoms with van der Waals surface area (Å²) in [6, 6.07) is 10.6. The van der Waals surface area contributed by atoms with Crippen LogP contribution in [0.5, 0.6) is 0 Å².